The molecule has 0 fully saturated rings. The van der Waals surface area contributed by atoms with Gasteiger partial charge in [-0.25, -0.2) is 13.2 Å². The molecule has 4 nitrogen and oxygen atoms in total. The van der Waals surface area contributed by atoms with Crippen LogP contribution in [0.25, 0.3) is 0 Å². The number of likely N-dealkylation sites (N-methyl/N-ethyl adjacent to an activating group) is 1. The van der Waals surface area contributed by atoms with E-state index < -0.39 is 34.9 Å². The summed E-state index contributed by atoms with van der Waals surface area (Å²) in [5, 5.41) is 0. The maximum Gasteiger partial charge on any atom is 0.325 e. The molecule has 0 N–H and O–H groups in total. The van der Waals surface area contributed by atoms with E-state index >= 15 is 0 Å². The second-order valence-electron chi connectivity index (χ2n) is 3.85. The molecular weight excluding hydrogens is 275 g/mol. The van der Waals surface area contributed by atoms with E-state index in [2.05, 4.69) is 4.74 Å². The molecular formula is C13H14F3NO3. The molecule has 1 amide bonds. The van der Waals surface area contributed by atoms with Gasteiger partial charge in [0, 0.05) is 6.54 Å². The number of rotatable bonds is 5. The van der Waals surface area contributed by atoms with Crippen LogP contribution in [0.3, 0.4) is 0 Å². The summed E-state index contributed by atoms with van der Waals surface area (Å²) in [4.78, 5) is 24.3. The molecule has 0 spiro atoms. The lowest BCUT2D eigenvalue weighted by molar-refractivity contribution is -0.143. The number of nitrogens with zero attached hydrogens (tertiary/aromatic N) is 1. The predicted octanol–water partition coefficient (Wildman–Crippen LogP) is 2.13. The number of esters is 1. The van der Waals surface area contributed by atoms with Crippen LogP contribution in [-0.2, 0) is 9.53 Å². The van der Waals surface area contributed by atoms with Crippen molar-refractivity contribution in [3.8, 4) is 0 Å². The fraction of sp³-hybridized carbons (Fsp3) is 0.385. The van der Waals surface area contributed by atoms with Gasteiger partial charge in [-0.3, -0.25) is 9.59 Å². The first-order valence-electron chi connectivity index (χ1n) is 6.00. The highest BCUT2D eigenvalue weighted by molar-refractivity contribution is 5.96. The quantitative estimate of drug-likeness (QED) is 0.616. The number of amides is 1. The van der Waals surface area contributed by atoms with Gasteiger partial charge in [-0.15, -0.1) is 0 Å². The molecule has 7 heteroatoms. The van der Waals surface area contributed by atoms with Gasteiger partial charge >= 0.3 is 5.97 Å². The van der Waals surface area contributed by atoms with Crippen molar-refractivity contribution in [1.29, 1.82) is 0 Å². The predicted molar refractivity (Wildman–Crippen MR) is 64.5 cm³/mol. The van der Waals surface area contributed by atoms with E-state index in [1.807, 2.05) is 0 Å². The molecule has 20 heavy (non-hydrogen) atoms. The van der Waals surface area contributed by atoms with E-state index in [1.54, 1.807) is 13.8 Å². The third kappa shape index (κ3) is 3.49. The highest BCUT2D eigenvalue weighted by atomic mass is 19.2. The highest BCUT2D eigenvalue weighted by Crippen LogP contribution is 2.17. The molecule has 0 saturated heterocycles. The summed E-state index contributed by atoms with van der Waals surface area (Å²) in [6, 6.07) is 1.49. The molecule has 0 aliphatic rings. The molecule has 110 valence electrons. The molecule has 1 aromatic rings. The Labute approximate surface area is 114 Å². The van der Waals surface area contributed by atoms with Gasteiger partial charge in [0.2, 0.25) is 0 Å². The van der Waals surface area contributed by atoms with Crippen molar-refractivity contribution in [1.82, 2.24) is 4.90 Å². The van der Waals surface area contributed by atoms with Gasteiger partial charge in [0.05, 0.1) is 12.2 Å². The SMILES string of the molecule is CCOC(=O)CN(CC)C(=O)c1ccc(F)c(F)c1F. The second-order valence-corrected chi connectivity index (χ2v) is 3.85. The van der Waals surface area contributed by atoms with E-state index in [9.17, 15) is 22.8 Å². The maximum absolute atomic E-state index is 13.5. The van der Waals surface area contributed by atoms with E-state index in [-0.39, 0.29) is 19.7 Å². The number of benzene rings is 1. The minimum Gasteiger partial charge on any atom is -0.465 e. The van der Waals surface area contributed by atoms with Gasteiger partial charge in [-0.05, 0) is 26.0 Å². The Morgan fingerprint density at radius 3 is 2.35 bits per heavy atom. The lowest BCUT2D eigenvalue weighted by atomic mass is 10.1. The Balaban J connectivity index is 2.97. The number of halogens is 3. The van der Waals surface area contributed by atoms with Crippen LogP contribution in [0.2, 0.25) is 0 Å². The fourth-order valence-corrected chi connectivity index (χ4v) is 1.55. The maximum atomic E-state index is 13.5. The zero-order valence-corrected chi connectivity index (χ0v) is 11.1. The van der Waals surface area contributed by atoms with Crippen LogP contribution in [0.15, 0.2) is 12.1 Å². The van der Waals surface area contributed by atoms with Crippen LogP contribution in [0.1, 0.15) is 24.2 Å². The first kappa shape index (κ1) is 16.0. The minimum atomic E-state index is -1.72. The number of carbonyl (C=O) groups is 2. The van der Waals surface area contributed by atoms with E-state index in [4.69, 9.17) is 0 Å². The molecule has 0 bridgehead atoms. The Hall–Kier alpha value is -2.05. The Morgan fingerprint density at radius 2 is 1.80 bits per heavy atom. The van der Waals surface area contributed by atoms with Crippen molar-refractivity contribution in [3.05, 3.63) is 35.1 Å². The van der Waals surface area contributed by atoms with Crippen molar-refractivity contribution in [2.75, 3.05) is 19.7 Å². The third-order valence-electron chi connectivity index (χ3n) is 2.56. The summed E-state index contributed by atoms with van der Waals surface area (Å²) in [6.07, 6.45) is 0. The summed E-state index contributed by atoms with van der Waals surface area (Å²) in [6.45, 7) is 3.02. The average Bonchev–Trinajstić information content (AvgIpc) is 2.42. The van der Waals surface area contributed by atoms with E-state index in [0.717, 1.165) is 11.0 Å². The zero-order chi connectivity index (χ0) is 15.3. The number of hydrogen-bond acceptors (Lipinski definition) is 3. The highest BCUT2D eigenvalue weighted by Gasteiger charge is 2.24. The lowest BCUT2D eigenvalue weighted by Gasteiger charge is -2.20. The first-order valence-corrected chi connectivity index (χ1v) is 6.00. The second kappa shape index (κ2) is 6.93. The van der Waals surface area contributed by atoms with Gasteiger partial charge < -0.3 is 9.64 Å². The summed E-state index contributed by atoms with van der Waals surface area (Å²) in [5.74, 6) is -6.24. The van der Waals surface area contributed by atoms with Gasteiger partial charge in [0.1, 0.15) is 6.54 Å². The van der Waals surface area contributed by atoms with E-state index in [1.165, 1.54) is 0 Å². The largest absolute Gasteiger partial charge is 0.465 e. The summed E-state index contributed by atoms with van der Waals surface area (Å²) >= 11 is 0. The molecule has 0 atom stereocenters. The molecule has 0 saturated carbocycles. The smallest absolute Gasteiger partial charge is 0.325 e. The average molecular weight is 289 g/mol. The third-order valence-corrected chi connectivity index (χ3v) is 2.56. The number of carbonyl (C=O) groups excluding carboxylic acids is 2. The standard InChI is InChI=1S/C13H14F3NO3/c1-3-17(7-10(18)20-4-2)13(19)8-5-6-9(14)12(16)11(8)15/h5-6H,3-4,7H2,1-2H3. The molecule has 0 heterocycles. The summed E-state index contributed by atoms with van der Waals surface area (Å²) < 4.78 is 44.1. The molecule has 1 rings (SSSR count). The number of ether oxygens (including phenoxy) is 1. The van der Waals surface area contributed by atoms with Crippen molar-refractivity contribution >= 4 is 11.9 Å². The van der Waals surface area contributed by atoms with Gasteiger partial charge in [0.25, 0.3) is 5.91 Å². The monoisotopic (exact) mass is 289 g/mol. The molecule has 1 aromatic carbocycles. The minimum absolute atomic E-state index is 0.0933. The Morgan fingerprint density at radius 1 is 1.15 bits per heavy atom. The van der Waals surface area contributed by atoms with Gasteiger partial charge in [-0.2, -0.15) is 0 Å². The van der Waals surface area contributed by atoms with Crippen LogP contribution in [0.5, 0.6) is 0 Å². The van der Waals surface area contributed by atoms with Crippen molar-refractivity contribution in [2.45, 2.75) is 13.8 Å². The van der Waals surface area contributed by atoms with Crippen LogP contribution >= 0.6 is 0 Å². The normalized spacial score (nSPS) is 10.2. The van der Waals surface area contributed by atoms with Gasteiger partial charge in [0.15, 0.2) is 17.5 Å². The molecule has 0 unspecified atom stereocenters. The topological polar surface area (TPSA) is 46.6 Å². The van der Waals surface area contributed by atoms with E-state index in [0.29, 0.717) is 6.07 Å². The van der Waals surface area contributed by atoms with Crippen molar-refractivity contribution in [2.24, 2.45) is 0 Å². The molecule has 0 aliphatic carbocycles. The fourth-order valence-electron chi connectivity index (χ4n) is 1.55. The first-order chi connectivity index (χ1) is 9.42. The van der Waals surface area contributed by atoms with Crippen molar-refractivity contribution < 1.29 is 27.5 Å². The molecule has 0 radical (unpaired) electrons. The van der Waals surface area contributed by atoms with Crippen LogP contribution < -0.4 is 0 Å². The zero-order valence-electron chi connectivity index (χ0n) is 11.1. The van der Waals surface area contributed by atoms with Crippen molar-refractivity contribution in [3.63, 3.8) is 0 Å². The Bertz CT molecular complexity index is 520. The Kier molecular flexibility index (Phi) is 5.54. The lowest BCUT2D eigenvalue weighted by Crippen LogP contribution is -2.37. The van der Waals surface area contributed by atoms with Crippen LogP contribution in [-0.4, -0.2) is 36.5 Å². The summed E-state index contributed by atoms with van der Waals surface area (Å²) in [5.41, 5.74) is -0.630. The number of hydrogen-bond donors (Lipinski definition) is 0. The van der Waals surface area contributed by atoms with Crippen LogP contribution in [0.4, 0.5) is 13.2 Å². The van der Waals surface area contributed by atoms with Crippen LogP contribution in [0, 0.1) is 17.5 Å². The molecule has 0 aliphatic heterocycles. The molecule has 0 aromatic heterocycles. The van der Waals surface area contributed by atoms with Gasteiger partial charge in [-0.1, -0.05) is 0 Å². The summed E-state index contributed by atoms with van der Waals surface area (Å²) in [7, 11) is 0.